The molecule has 6 heteroatoms. The van der Waals surface area contributed by atoms with E-state index in [4.69, 9.17) is 0 Å². The fourth-order valence-corrected chi connectivity index (χ4v) is 2.25. The Labute approximate surface area is 116 Å². The number of rotatable bonds is 3. The van der Waals surface area contributed by atoms with Crippen molar-refractivity contribution >= 4 is 15.9 Å². The first-order valence-electron chi connectivity index (χ1n) is 5.72. The first-order chi connectivity index (χ1) is 8.99. The molecule has 100 valence electrons. The quantitative estimate of drug-likeness (QED) is 0.941. The molecule has 0 aliphatic heterocycles. The smallest absolute Gasteiger partial charge is 0.265 e. The average Bonchev–Trinajstić information content (AvgIpc) is 2.32. The van der Waals surface area contributed by atoms with E-state index in [-0.39, 0.29) is 12.0 Å². The fraction of sp³-hybridized carbons (Fsp3) is 0.231. The van der Waals surface area contributed by atoms with E-state index in [0.717, 1.165) is 6.07 Å². The average molecular weight is 329 g/mol. The minimum Gasteiger partial charge on any atom is -0.309 e. The summed E-state index contributed by atoms with van der Waals surface area (Å²) < 4.78 is 26.6. The summed E-state index contributed by atoms with van der Waals surface area (Å²) in [6.07, 6.45) is 0.763. The van der Waals surface area contributed by atoms with E-state index in [1.54, 1.807) is 0 Å². The van der Waals surface area contributed by atoms with Crippen LogP contribution in [0.1, 0.15) is 24.0 Å². The highest BCUT2D eigenvalue weighted by atomic mass is 79.9. The summed E-state index contributed by atoms with van der Waals surface area (Å²) in [6.45, 7) is 1.87. The highest BCUT2D eigenvalue weighted by Gasteiger charge is 2.09. The standard InChI is InChI=1S/C13H11BrF2N2O/c1-2-10-12(14)13(19)18-11(17-10)5-7-3-8(15)6-9(16)4-7/h3-4,6H,2,5H2,1H3,(H,17,18,19). The molecule has 0 amide bonds. The molecule has 3 nitrogen and oxygen atoms in total. The van der Waals surface area contributed by atoms with Gasteiger partial charge >= 0.3 is 0 Å². The van der Waals surface area contributed by atoms with Crippen molar-refractivity contribution in [1.82, 2.24) is 9.97 Å². The van der Waals surface area contributed by atoms with Crippen LogP contribution in [-0.2, 0) is 12.8 Å². The highest BCUT2D eigenvalue weighted by Crippen LogP contribution is 2.13. The zero-order chi connectivity index (χ0) is 14.0. The van der Waals surface area contributed by atoms with Gasteiger partial charge in [-0.15, -0.1) is 0 Å². The maximum atomic E-state index is 13.1. The summed E-state index contributed by atoms with van der Waals surface area (Å²) in [4.78, 5) is 18.5. The molecule has 0 unspecified atom stereocenters. The van der Waals surface area contributed by atoms with E-state index in [0.29, 0.717) is 28.0 Å². The topological polar surface area (TPSA) is 45.8 Å². The molecule has 1 aromatic heterocycles. The summed E-state index contributed by atoms with van der Waals surface area (Å²) in [7, 11) is 0. The van der Waals surface area contributed by atoms with Crippen LogP contribution in [-0.4, -0.2) is 9.97 Å². The van der Waals surface area contributed by atoms with Gasteiger partial charge in [-0.3, -0.25) is 4.79 Å². The van der Waals surface area contributed by atoms with Crippen LogP contribution in [0, 0.1) is 11.6 Å². The third-order valence-electron chi connectivity index (χ3n) is 2.61. The Balaban J connectivity index is 2.38. The van der Waals surface area contributed by atoms with Gasteiger partial charge in [0.25, 0.3) is 5.56 Å². The van der Waals surface area contributed by atoms with E-state index in [2.05, 4.69) is 25.9 Å². The van der Waals surface area contributed by atoms with Crippen LogP contribution in [0.25, 0.3) is 0 Å². The van der Waals surface area contributed by atoms with Crippen LogP contribution in [0.15, 0.2) is 27.5 Å². The Morgan fingerprint density at radius 2 is 1.89 bits per heavy atom. The lowest BCUT2D eigenvalue weighted by atomic mass is 10.1. The summed E-state index contributed by atoms with van der Waals surface area (Å²) in [5.74, 6) is -0.912. The van der Waals surface area contributed by atoms with Crippen molar-refractivity contribution in [1.29, 1.82) is 0 Å². The van der Waals surface area contributed by atoms with Gasteiger partial charge in [-0.05, 0) is 40.0 Å². The van der Waals surface area contributed by atoms with Gasteiger partial charge in [0.05, 0.1) is 5.69 Å². The molecule has 2 rings (SSSR count). The molecule has 0 radical (unpaired) electrons. The van der Waals surface area contributed by atoms with Gasteiger partial charge < -0.3 is 4.98 Å². The molecule has 0 saturated carbocycles. The van der Waals surface area contributed by atoms with Crippen LogP contribution in [0.3, 0.4) is 0 Å². The second kappa shape index (κ2) is 5.61. The summed E-state index contributed by atoms with van der Waals surface area (Å²) in [6, 6.07) is 3.24. The minimum absolute atomic E-state index is 0.171. The maximum absolute atomic E-state index is 13.1. The normalized spacial score (nSPS) is 10.7. The predicted molar refractivity (Wildman–Crippen MR) is 71.1 cm³/mol. The highest BCUT2D eigenvalue weighted by molar-refractivity contribution is 9.10. The zero-order valence-corrected chi connectivity index (χ0v) is 11.7. The van der Waals surface area contributed by atoms with Crippen molar-refractivity contribution in [3.8, 4) is 0 Å². The number of aryl methyl sites for hydroxylation is 1. The summed E-state index contributed by atoms with van der Waals surface area (Å²) in [5, 5.41) is 0. The lowest BCUT2D eigenvalue weighted by Gasteiger charge is -2.05. The number of nitrogens with one attached hydrogen (secondary N) is 1. The van der Waals surface area contributed by atoms with Crippen LogP contribution in [0.2, 0.25) is 0 Å². The second-order valence-electron chi connectivity index (χ2n) is 4.08. The van der Waals surface area contributed by atoms with Gasteiger partial charge in [-0.1, -0.05) is 6.92 Å². The molecule has 0 aliphatic rings. The monoisotopic (exact) mass is 328 g/mol. The van der Waals surface area contributed by atoms with E-state index in [1.807, 2.05) is 6.92 Å². The van der Waals surface area contributed by atoms with Crippen molar-refractivity contribution in [3.05, 3.63) is 61.7 Å². The third kappa shape index (κ3) is 3.26. The number of nitrogens with zero attached hydrogens (tertiary/aromatic N) is 1. The van der Waals surface area contributed by atoms with Crippen LogP contribution in [0.4, 0.5) is 8.78 Å². The molecular weight excluding hydrogens is 318 g/mol. The molecule has 19 heavy (non-hydrogen) atoms. The maximum Gasteiger partial charge on any atom is 0.265 e. The van der Waals surface area contributed by atoms with Gasteiger partial charge in [0.1, 0.15) is 21.9 Å². The zero-order valence-electron chi connectivity index (χ0n) is 10.1. The van der Waals surface area contributed by atoms with Gasteiger partial charge in [-0.25, -0.2) is 13.8 Å². The van der Waals surface area contributed by atoms with Gasteiger partial charge in [0.2, 0.25) is 0 Å². The number of benzene rings is 1. The first kappa shape index (κ1) is 13.9. The van der Waals surface area contributed by atoms with Crippen molar-refractivity contribution in [2.45, 2.75) is 19.8 Å². The Kier molecular flexibility index (Phi) is 4.09. The lowest BCUT2D eigenvalue weighted by Crippen LogP contribution is -2.15. The Morgan fingerprint density at radius 1 is 1.26 bits per heavy atom. The minimum atomic E-state index is -0.648. The molecular formula is C13H11BrF2N2O. The molecule has 0 atom stereocenters. The molecule has 0 bridgehead atoms. The van der Waals surface area contributed by atoms with Crippen LogP contribution in [0.5, 0.6) is 0 Å². The van der Waals surface area contributed by atoms with E-state index in [1.165, 1.54) is 12.1 Å². The lowest BCUT2D eigenvalue weighted by molar-refractivity contribution is 0.580. The number of aromatic amines is 1. The molecule has 0 spiro atoms. The molecule has 2 aromatic rings. The van der Waals surface area contributed by atoms with E-state index in [9.17, 15) is 13.6 Å². The van der Waals surface area contributed by atoms with Crippen molar-refractivity contribution < 1.29 is 8.78 Å². The number of H-pyrrole nitrogens is 1. The molecule has 0 saturated heterocycles. The Morgan fingerprint density at radius 3 is 2.47 bits per heavy atom. The number of halogens is 3. The Bertz CT molecular complexity index is 650. The van der Waals surface area contributed by atoms with E-state index < -0.39 is 11.6 Å². The van der Waals surface area contributed by atoms with Crippen LogP contribution >= 0.6 is 15.9 Å². The molecule has 1 aromatic carbocycles. The number of hydrogen-bond donors (Lipinski definition) is 1. The van der Waals surface area contributed by atoms with Crippen molar-refractivity contribution in [2.75, 3.05) is 0 Å². The van der Waals surface area contributed by atoms with Crippen molar-refractivity contribution in [3.63, 3.8) is 0 Å². The van der Waals surface area contributed by atoms with Crippen LogP contribution < -0.4 is 5.56 Å². The molecule has 0 aliphatic carbocycles. The Hall–Kier alpha value is -1.56. The van der Waals surface area contributed by atoms with Crippen molar-refractivity contribution in [2.24, 2.45) is 0 Å². The summed E-state index contributed by atoms with van der Waals surface area (Å²) >= 11 is 3.16. The SMILES string of the molecule is CCc1nc(Cc2cc(F)cc(F)c2)[nH]c(=O)c1Br. The largest absolute Gasteiger partial charge is 0.309 e. The van der Waals surface area contributed by atoms with Gasteiger partial charge in [-0.2, -0.15) is 0 Å². The summed E-state index contributed by atoms with van der Waals surface area (Å²) in [5.41, 5.74) is 0.749. The first-order valence-corrected chi connectivity index (χ1v) is 6.51. The predicted octanol–water partition coefficient (Wildman–Crippen LogP) is 2.96. The van der Waals surface area contributed by atoms with Gasteiger partial charge in [0, 0.05) is 12.5 Å². The fourth-order valence-electron chi connectivity index (χ4n) is 1.78. The van der Waals surface area contributed by atoms with E-state index >= 15 is 0 Å². The molecule has 0 fully saturated rings. The third-order valence-corrected chi connectivity index (χ3v) is 3.43. The van der Waals surface area contributed by atoms with Gasteiger partial charge in [0.15, 0.2) is 0 Å². The number of aromatic nitrogens is 2. The molecule has 1 heterocycles. The molecule has 1 N–H and O–H groups in total. The second-order valence-corrected chi connectivity index (χ2v) is 4.87. The number of hydrogen-bond acceptors (Lipinski definition) is 2.